The van der Waals surface area contributed by atoms with E-state index in [4.69, 9.17) is 0 Å². The van der Waals surface area contributed by atoms with Gasteiger partial charge in [-0.3, -0.25) is 9.59 Å². The second-order valence-corrected chi connectivity index (χ2v) is 12.6. The van der Waals surface area contributed by atoms with Crippen molar-refractivity contribution in [2.75, 3.05) is 10.6 Å². The Morgan fingerprint density at radius 2 is 1.05 bits per heavy atom. The number of amides is 2. The van der Waals surface area contributed by atoms with Gasteiger partial charge in [0, 0.05) is 12.8 Å². The molecule has 2 N–H and O–H groups in total. The summed E-state index contributed by atoms with van der Waals surface area (Å²) in [5.41, 5.74) is 4.44. The van der Waals surface area contributed by atoms with Gasteiger partial charge in [-0.05, 0) is 60.1 Å². The summed E-state index contributed by atoms with van der Waals surface area (Å²) in [6.45, 7) is 8.70. The molecule has 0 aliphatic carbocycles. The van der Waals surface area contributed by atoms with Gasteiger partial charge in [0.15, 0.2) is 10.3 Å². The van der Waals surface area contributed by atoms with Crippen molar-refractivity contribution in [3.05, 3.63) is 47.5 Å². The van der Waals surface area contributed by atoms with Crippen LogP contribution in [0, 0.1) is 0 Å². The van der Waals surface area contributed by atoms with Crippen molar-refractivity contribution < 1.29 is 9.59 Å². The number of nitrogens with zero attached hydrogens (tertiary/aromatic N) is 2. The van der Waals surface area contributed by atoms with Crippen molar-refractivity contribution in [2.45, 2.75) is 90.9 Å². The average Bonchev–Trinajstić information content (AvgIpc) is 3.46. The van der Waals surface area contributed by atoms with E-state index in [0.717, 1.165) is 59.0 Å². The van der Waals surface area contributed by atoms with Crippen molar-refractivity contribution in [3.63, 3.8) is 0 Å². The molecule has 2 heterocycles. The van der Waals surface area contributed by atoms with Gasteiger partial charge in [0.25, 0.3) is 0 Å². The van der Waals surface area contributed by atoms with Gasteiger partial charge in [-0.25, -0.2) is 9.97 Å². The zero-order chi connectivity index (χ0) is 27.1. The van der Waals surface area contributed by atoms with Crippen LogP contribution in [-0.2, 0) is 9.59 Å². The van der Waals surface area contributed by atoms with Gasteiger partial charge in [-0.15, -0.1) is 0 Å². The average molecular weight is 551 g/mol. The van der Waals surface area contributed by atoms with Gasteiger partial charge < -0.3 is 10.6 Å². The molecule has 6 nitrogen and oxygen atoms in total. The van der Waals surface area contributed by atoms with E-state index < -0.39 is 0 Å². The topological polar surface area (TPSA) is 84.0 Å². The minimum atomic E-state index is 0.0279. The lowest BCUT2D eigenvalue weighted by molar-refractivity contribution is -0.117. The number of nitrogens with one attached hydrogen (secondary N) is 2. The maximum Gasteiger partial charge on any atom is 0.226 e. The lowest BCUT2D eigenvalue weighted by atomic mass is 10.0. The summed E-state index contributed by atoms with van der Waals surface area (Å²) in [5, 5.41) is 7.27. The van der Waals surface area contributed by atoms with Crippen LogP contribution in [0.5, 0.6) is 0 Å². The summed E-state index contributed by atoms with van der Waals surface area (Å²) in [6.07, 6.45) is 6.93. The molecule has 0 bridgehead atoms. The number of anilines is 2. The predicted molar refractivity (Wildman–Crippen MR) is 162 cm³/mol. The Hall–Kier alpha value is -2.84. The number of benzene rings is 2. The first-order valence-corrected chi connectivity index (χ1v) is 15.3. The first-order valence-electron chi connectivity index (χ1n) is 13.7. The number of hydrogen-bond acceptors (Lipinski definition) is 6. The van der Waals surface area contributed by atoms with E-state index in [2.05, 4.69) is 72.6 Å². The second-order valence-electron chi connectivity index (χ2n) is 10.5. The lowest BCUT2D eigenvalue weighted by Gasteiger charge is -2.03. The molecule has 0 aliphatic heterocycles. The molecule has 2 aromatic heterocycles. The molecule has 0 spiro atoms. The highest BCUT2D eigenvalue weighted by Gasteiger charge is 2.11. The molecule has 2 aromatic carbocycles. The molecular formula is C30H38N4O2S2. The van der Waals surface area contributed by atoms with Crippen LogP contribution in [-0.4, -0.2) is 21.8 Å². The molecule has 0 atom stereocenters. The third kappa shape index (κ3) is 7.84. The fourth-order valence-electron chi connectivity index (χ4n) is 4.35. The summed E-state index contributed by atoms with van der Waals surface area (Å²) in [6, 6.07) is 12.6. The van der Waals surface area contributed by atoms with Gasteiger partial charge >= 0.3 is 0 Å². The molecule has 8 heteroatoms. The molecule has 0 saturated heterocycles. The fourth-order valence-corrected chi connectivity index (χ4v) is 6.21. The van der Waals surface area contributed by atoms with E-state index >= 15 is 0 Å². The van der Waals surface area contributed by atoms with E-state index in [1.54, 1.807) is 0 Å². The molecule has 38 heavy (non-hydrogen) atoms. The molecule has 0 fully saturated rings. The molecular weight excluding hydrogens is 512 g/mol. The number of thiazole rings is 2. The molecule has 4 rings (SSSR count). The Balaban J connectivity index is 1.07. The normalized spacial score (nSPS) is 11.6. The lowest BCUT2D eigenvalue weighted by Crippen LogP contribution is -2.11. The first-order chi connectivity index (χ1) is 18.3. The minimum absolute atomic E-state index is 0.0279. The largest absolute Gasteiger partial charge is 0.302 e. The van der Waals surface area contributed by atoms with Crippen molar-refractivity contribution in [2.24, 2.45) is 0 Å². The van der Waals surface area contributed by atoms with E-state index in [0.29, 0.717) is 34.9 Å². The number of carbonyl (C=O) groups is 2. The third-order valence-corrected chi connectivity index (χ3v) is 8.58. The zero-order valence-electron chi connectivity index (χ0n) is 22.8. The van der Waals surface area contributed by atoms with Crippen LogP contribution in [0.3, 0.4) is 0 Å². The number of unbranched alkanes of at least 4 members (excludes halogenated alkanes) is 5. The van der Waals surface area contributed by atoms with Crippen molar-refractivity contribution in [1.82, 2.24) is 9.97 Å². The second kappa shape index (κ2) is 13.3. The number of hydrogen-bond donors (Lipinski definition) is 2. The summed E-state index contributed by atoms with van der Waals surface area (Å²) in [5.74, 6) is 0.999. The van der Waals surface area contributed by atoms with E-state index in [9.17, 15) is 9.59 Å². The van der Waals surface area contributed by atoms with Crippen molar-refractivity contribution in [1.29, 1.82) is 0 Å². The molecule has 4 aromatic rings. The summed E-state index contributed by atoms with van der Waals surface area (Å²) >= 11 is 3.07. The highest BCUT2D eigenvalue weighted by Crippen LogP contribution is 2.30. The first kappa shape index (κ1) is 28.2. The van der Waals surface area contributed by atoms with Crippen LogP contribution in [0.2, 0.25) is 0 Å². The van der Waals surface area contributed by atoms with Crippen LogP contribution < -0.4 is 10.6 Å². The van der Waals surface area contributed by atoms with Gasteiger partial charge in [0.05, 0.1) is 20.4 Å². The molecule has 2 amide bonds. The Kier molecular flexibility index (Phi) is 9.86. The Morgan fingerprint density at radius 1 is 0.658 bits per heavy atom. The summed E-state index contributed by atoms with van der Waals surface area (Å²) in [4.78, 5) is 33.8. The number of fused-ring (bicyclic) bond motifs is 2. The Labute approximate surface area is 233 Å². The molecule has 0 saturated carbocycles. The fraction of sp³-hybridized carbons (Fsp3) is 0.467. The summed E-state index contributed by atoms with van der Waals surface area (Å²) < 4.78 is 2.22. The maximum atomic E-state index is 12.3. The standard InChI is InChI=1S/C30H38N4O2S2/c1-19(2)21-13-15-23-25(17-21)37-29(31-23)33-27(35)11-9-7-5-6-8-10-12-28(36)34-30-32-24-16-14-22(20(3)4)18-26(24)38-30/h13-20H,5-12H2,1-4H3,(H,31,33,35)(H,32,34,36). The van der Waals surface area contributed by atoms with Gasteiger partial charge in [0.1, 0.15) is 0 Å². The summed E-state index contributed by atoms with van der Waals surface area (Å²) in [7, 11) is 0. The maximum absolute atomic E-state index is 12.3. The van der Waals surface area contributed by atoms with Crippen LogP contribution in [0.15, 0.2) is 36.4 Å². The number of carbonyl (C=O) groups excluding carboxylic acids is 2. The van der Waals surface area contributed by atoms with Crippen molar-refractivity contribution in [3.8, 4) is 0 Å². The zero-order valence-corrected chi connectivity index (χ0v) is 24.4. The predicted octanol–water partition coefficient (Wildman–Crippen LogP) is 8.85. The van der Waals surface area contributed by atoms with Crippen LogP contribution in [0.1, 0.15) is 102 Å². The van der Waals surface area contributed by atoms with E-state index in [-0.39, 0.29) is 11.8 Å². The van der Waals surface area contributed by atoms with Crippen molar-refractivity contribution >= 4 is 65.2 Å². The van der Waals surface area contributed by atoms with E-state index in [1.165, 1.54) is 33.8 Å². The SMILES string of the molecule is CC(C)c1ccc2nc(NC(=O)CCCCCCCCC(=O)Nc3nc4ccc(C(C)C)cc4s3)sc2c1. The smallest absolute Gasteiger partial charge is 0.226 e. The van der Waals surface area contributed by atoms with Gasteiger partial charge in [0.2, 0.25) is 11.8 Å². The quantitative estimate of drug-likeness (QED) is 0.163. The highest BCUT2D eigenvalue weighted by molar-refractivity contribution is 7.22. The Bertz CT molecular complexity index is 1280. The van der Waals surface area contributed by atoms with Gasteiger partial charge in [-0.2, -0.15) is 0 Å². The number of rotatable bonds is 13. The van der Waals surface area contributed by atoms with Gasteiger partial charge in [-0.1, -0.05) is 88.2 Å². The molecule has 0 unspecified atom stereocenters. The monoisotopic (exact) mass is 550 g/mol. The van der Waals surface area contributed by atoms with Crippen LogP contribution in [0.4, 0.5) is 10.3 Å². The Morgan fingerprint density at radius 3 is 1.45 bits per heavy atom. The number of aromatic nitrogens is 2. The molecule has 0 radical (unpaired) electrons. The molecule has 0 aliphatic rings. The minimum Gasteiger partial charge on any atom is -0.302 e. The van der Waals surface area contributed by atoms with Crippen LogP contribution in [0.25, 0.3) is 20.4 Å². The van der Waals surface area contributed by atoms with Crippen LogP contribution >= 0.6 is 22.7 Å². The highest BCUT2D eigenvalue weighted by atomic mass is 32.1. The molecule has 202 valence electrons. The van der Waals surface area contributed by atoms with E-state index in [1.807, 2.05) is 12.1 Å². The third-order valence-electron chi connectivity index (χ3n) is 6.71.